The molecule has 2 atom stereocenters. The molecule has 0 aromatic carbocycles. The summed E-state index contributed by atoms with van der Waals surface area (Å²) in [7, 11) is 1.94. The number of rotatable bonds is 5. The van der Waals surface area contributed by atoms with Gasteiger partial charge in [-0.2, -0.15) is 0 Å². The minimum absolute atomic E-state index is 0.199. The first-order chi connectivity index (χ1) is 7.52. The number of pyridine rings is 1. The standard InChI is InChI=1S/C12H18N2O2/c1-9(12(15)16)8-14(3)10(2)11-4-6-13-7-5-11/h4-7,9-10H,8H2,1-3H3,(H,15,16). The summed E-state index contributed by atoms with van der Waals surface area (Å²) in [6.07, 6.45) is 3.50. The molecular formula is C12H18N2O2. The van der Waals surface area contributed by atoms with Gasteiger partial charge in [0.05, 0.1) is 5.92 Å². The largest absolute Gasteiger partial charge is 0.481 e. The molecule has 1 aromatic rings. The first-order valence-corrected chi connectivity index (χ1v) is 5.35. The second-order valence-corrected chi connectivity index (χ2v) is 4.14. The van der Waals surface area contributed by atoms with Gasteiger partial charge < -0.3 is 5.11 Å². The molecule has 16 heavy (non-hydrogen) atoms. The van der Waals surface area contributed by atoms with Crippen molar-refractivity contribution < 1.29 is 9.90 Å². The van der Waals surface area contributed by atoms with Crippen LogP contribution in [0.15, 0.2) is 24.5 Å². The number of hydrogen-bond donors (Lipinski definition) is 1. The maximum Gasteiger partial charge on any atom is 0.307 e. The van der Waals surface area contributed by atoms with Crippen molar-refractivity contribution in [2.75, 3.05) is 13.6 Å². The summed E-state index contributed by atoms with van der Waals surface area (Å²) in [5, 5.41) is 8.85. The zero-order valence-electron chi connectivity index (χ0n) is 9.92. The molecule has 2 unspecified atom stereocenters. The van der Waals surface area contributed by atoms with E-state index in [4.69, 9.17) is 5.11 Å². The van der Waals surface area contributed by atoms with Crippen molar-refractivity contribution in [1.29, 1.82) is 0 Å². The molecule has 0 aliphatic carbocycles. The number of nitrogens with zero attached hydrogens (tertiary/aromatic N) is 2. The maximum atomic E-state index is 10.8. The number of aliphatic carboxylic acids is 1. The molecule has 0 aliphatic rings. The third-order valence-electron chi connectivity index (χ3n) is 2.83. The molecule has 1 N–H and O–H groups in total. The SMILES string of the molecule is CC(CN(C)C(C)c1ccncc1)C(=O)O. The molecule has 4 nitrogen and oxygen atoms in total. The van der Waals surface area contributed by atoms with Crippen LogP contribution in [-0.4, -0.2) is 34.6 Å². The lowest BCUT2D eigenvalue weighted by Gasteiger charge is -2.26. The van der Waals surface area contributed by atoms with Crippen LogP contribution in [0.3, 0.4) is 0 Å². The number of carboxylic acids is 1. The van der Waals surface area contributed by atoms with E-state index in [1.54, 1.807) is 19.3 Å². The van der Waals surface area contributed by atoms with Crippen molar-refractivity contribution in [3.8, 4) is 0 Å². The highest BCUT2D eigenvalue weighted by molar-refractivity contribution is 5.69. The van der Waals surface area contributed by atoms with E-state index in [0.717, 1.165) is 5.56 Å². The Balaban J connectivity index is 2.61. The van der Waals surface area contributed by atoms with Gasteiger partial charge in [0, 0.05) is 25.0 Å². The van der Waals surface area contributed by atoms with Crippen LogP contribution in [-0.2, 0) is 4.79 Å². The Bertz CT molecular complexity index is 340. The zero-order chi connectivity index (χ0) is 12.1. The Hall–Kier alpha value is -1.42. The first-order valence-electron chi connectivity index (χ1n) is 5.35. The number of hydrogen-bond acceptors (Lipinski definition) is 3. The molecule has 1 rings (SSSR count). The van der Waals surface area contributed by atoms with Gasteiger partial charge in [-0.3, -0.25) is 14.7 Å². The average molecular weight is 222 g/mol. The summed E-state index contributed by atoms with van der Waals surface area (Å²) in [6, 6.07) is 4.10. The third-order valence-corrected chi connectivity index (χ3v) is 2.83. The third kappa shape index (κ3) is 3.31. The Morgan fingerprint density at radius 3 is 2.50 bits per heavy atom. The van der Waals surface area contributed by atoms with Crippen molar-refractivity contribution in [3.63, 3.8) is 0 Å². The van der Waals surface area contributed by atoms with Crippen molar-refractivity contribution in [1.82, 2.24) is 9.88 Å². The summed E-state index contributed by atoms with van der Waals surface area (Å²) < 4.78 is 0. The zero-order valence-corrected chi connectivity index (χ0v) is 9.92. The molecule has 0 saturated carbocycles. The predicted molar refractivity (Wildman–Crippen MR) is 62.1 cm³/mol. The van der Waals surface area contributed by atoms with E-state index < -0.39 is 5.97 Å². The molecule has 4 heteroatoms. The van der Waals surface area contributed by atoms with Crippen molar-refractivity contribution in [3.05, 3.63) is 30.1 Å². The Kier molecular flexibility index (Phi) is 4.43. The van der Waals surface area contributed by atoms with Gasteiger partial charge in [-0.25, -0.2) is 0 Å². The van der Waals surface area contributed by atoms with Gasteiger partial charge >= 0.3 is 5.97 Å². The molecule has 1 heterocycles. The molecule has 0 bridgehead atoms. The average Bonchev–Trinajstić information content (AvgIpc) is 2.28. The molecule has 88 valence electrons. The molecule has 1 aromatic heterocycles. The second-order valence-electron chi connectivity index (χ2n) is 4.14. The summed E-state index contributed by atoms with van der Waals surface area (Å²) in [5.41, 5.74) is 1.15. The first kappa shape index (κ1) is 12.6. The predicted octanol–water partition coefficient (Wildman–Crippen LogP) is 1.80. The summed E-state index contributed by atoms with van der Waals surface area (Å²) >= 11 is 0. The lowest BCUT2D eigenvalue weighted by Crippen LogP contribution is -2.30. The van der Waals surface area contributed by atoms with Crippen LogP contribution < -0.4 is 0 Å². The fraction of sp³-hybridized carbons (Fsp3) is 0.500. The minimum atomic E-state index is -0.756. The van der Waals surface area contributed by atoms with E-state index in [2.05, 4.69) is 11.9 Å². The van der Waals surface area contributed by atoms with Gasteiger partial charge in [0.15, 0.2) is 0 Å². The van der Waals surface area contributed by atoms with E-state index in [1.807, 2.05) is 24.1 Å². The fourth-order valence-electron chi connectivity index (χ4n) is 1.56. The van der Waals surface area contributed by atoms with Gasteiger partial charge in [0.1, 0.15) is 0 Å². The van der Waals surface area contributed by atoms with Gasteiger partial charge in [0.25, 0.3) is 0 Å². The van der Waals surface area contributed by atoms with Crippen molar-refractivity contribution >= 4 is 5.97 Å². The van der Waals surface area contributed by atoms with Gasteiger partial charge in [0.2, 0.25) is 0 Å². The van der Waals surface area contributed by atoms with Crippen LogP contribution >= 0.6 is 0 Å². The lowest BCUT2D eigenvalue weighted by atomic mass is 10.1. The summed E-state index contributed by atoms with van der Waals surface area (Å²) in [4.78, 5) is 16.8. The molecule has 0 spiro atoms. The minimum Gasteiger partial charge on any atom is -0.481 e. The van der Waals surface area contributed by atoms with Crippen LogP contribution in [0.2, 0.25) is 0 Å². The maximum absolute atomic E-state index is 10.8. The second kappa shape index (κ2) is 5.61. The number of aromatic nitrogens is 1. The van der Waals surface area contributed by atoms with E-state index in [9.17, 15) is 4.79 Å². The highest BCUT2D eigenvalue weighted by Gasteiger charge is 2.18. The molecule has 0 fully saturated rings. The molecular weight excluding hydrogens is 204 g/mol. The highest BCUT2D eigenvalue weighted by atomic mass is 16.4. The molecule has 0 aliphatic heterocycles. The van der Waals surface area contributed by atoms with Crippen LogP contribution in [0, 0.1) is 5.92 Å². The van der Waals surface area contributed by atoms with Gasteiger partial charge in [-0.05, 0) is 31.7 Å². The van der Waals surface area contributed by atoms with Gasteiger partial charge in [-0.15, -0.1) is 0 Å². The fourth-order valence-corrected chi connectivity index (χ4v) is 1.56. The van der Waals surface area contributed by atoms with Gasteiger partial charge in [-0.1, -0.05) is 6.92 Å². The number of carboxylic acid groups (broad SMARTS) is 1. The van der Waals surface area contributed by atoms with Crippen LogP contribution in [0.25, 0.3) is 0 Å². The van der Waals surface area contributed by atoms with E-state index in [1.165, 1.54) is 0 Å². The Morgan fingerprint density at radius 1 is 1.44 bits per heavy atom. The Labute approximate surface area is 95.9 Å². The van der Waals surface area contributed by atoms with E-state index in [-0.39, 0.29) is 12.0 Å². The topological polar surface area (TPSA) is 53.4 Å². The van der Waals surface area contributed by atoms with Crippen molar-refractivity contribution in [2.45, 2.75) is 19.9 Å². The monoisotopic (exact) mass is 222 g/mol. The van der Waals surface area contributed by atoms with Crippen molar-refractivity contribution in [2.24, 2.45) is 5.92 Å². The smallest absolute Gasteiger partial charge is 0.307 e. The van der Waals surface area contributed by atoms with E-state index >= 15 is 0 Å². The molecule has 0 amide bonds. The Morgan fingerprint density at radius 2 is 2.00 bits per heavy atom. The van der Waals surface area contributed by atoms with Crippen LogP contribution in [0.5, 0.6) is 0 Å². The summed E-state index contributed by atoms with van der Waals surface area (Å²) in [6.45, 7) is 4.32. The summed E-state index contributed by atoms with van der Waals surface area (Å²) in [5.74, 6) is -1.11. The molecule has 0 radical (unpaired) electrons. The van der Waals surface area contributed by atoms with Crippen LogP contribution in [0.1, 0.15) is 25.5 Å². The van der Waals surface area contributed by atoms with Crippen LogP contribution in [0.4, 0.5) is 0 Å². The quantitative estimate of drug-likeness (QED) is 0.825. The molecule has 0 saturated heterocycles. The number of carbonyl (C=O) groups is 1. The normalized spacial score (nSPS) is 14.8. The van der Waals surface area contributed by atoms with E-state index in [0.29, 0.717) is 6.54 Å². The lowest BCUT2D eigenvalue weighted by molar-refractivity contribution is -0.141. The highest BCUT2D eigenvalue weighted by Crippen LogP contribution is 2.18.